The SMILES string of the molecule is CCCCCC(C)(C)c1nnc(-c2cccc(C)n2)o1. The van der Waals surface area contributed by atoms with Crippen molar-refractivity contribution in [3.8, 4) is 11.6 Å². The highest BCUT2D eigenvalue weighted by atomic mass is 16.4. The quantitative estimate of drug-likeness (QED) is 0.736. The lowest BCUT2D eigenvalue weighted by atomic mass is 9.87. The molecule has 0 aliphatic carbocycles. The van der Waals surface area contributed by atoms with Crippen LogP contribution >= 0.6 is 0 Å². The first-order valence-corrected chi connectivity index (χ1v) is 7.31. The molecule has 0 aliphatic rings. The van der Waals surface area contributed by atoms with Crippen LogP contribution in [0.4, 0.5) is 0 Å². The number of nitrogens with zero attached hydrogens (tertiary/aromatic N) is 3. The minimum Gasteiger partial charge on any atom is -0.419 e. The topological polar surface area (TPSA) is 51.8 Å². The second-order valence-electron chi connectivity index (χ2n) is 5.92. The van der Waals surface area contributed by atoms with Crippen molar-refractivity contribution >= 4 is 0 Å². The number of aromatic nitrogens is 3. The predicted molar refractivity (Wildman–Crippen MR) is 79.4 cm³/mol. The van der Waals surface area contributed by atoms with Crippen molar-refractivity contribution < 1.29 is 4.42 Å². The van der Waals surface area contributed by atoms with E-state index in [-0.39, 0.29) is 5.41 Å². The van der Waals surface area contributed by atoms with Crippen molar-refractivity contribution in [2.24, 2.45) is 0 Å². The van der Waals surface area contributed by atoms with Gasteiger partial charge in [-0.15, -0.1) is 10.2 Å². The van der Waals surface area contributed by atoms with Crippen LogP contribution in [0, 0.1) is 6.92 Å². The van der Waals surface area contributed by atoms with Gasteiger partial charge in [-0.3, -0.25) is 0 Å². The number of rotatable bonds is 6. The molecule has 2 heterocycles. The summed E-state index contributed by atoms with van der Waals surface area (Å²) in [6, 6.07) is 5.80. The van der Waals surface area contributed by atoms with Crippen LogP contribution in [-0.2, 0) is 5.41 Å². The van der Waals surface area contributed by atoms with Crippen molar-refractivity contribution in [2.45, 2.75) is 58.8 Å². The van der Waals surface area contributed by atoms with E-state index in [0.29, 0.717) is 11.8 Å². The van der Waals surface area contributed by atoms with Crippen LogP contribution in [0.2, 0.25) is 0 Å². The second-order valence-corrected chi connectivity index (χ2v) is 5.92. The lowest BCUT2D eigenvalue weighted by molar-refractivity contribution is 0.343. The Bertz CT molecular complexity index is 560. The first-order valence-electron chi connectivity index (χ1n) is 7.31. The van der Waals surface area contributed by atoms with Gasteiger partial charge in [0.05, 0.1) is 0 Å². The van der Waals surface area contributed by atoms with Crippen LogP contribution in [0.3, 0.4) is 0 Å². The number of pyridine rings is 1. The molecule has 0 aliphatic heterocycles. The molecule has 2 aromatic rings. The summed E-state index contributed by atoms with van der Waals surface area (Å²) in [6.45, 7) is 8.48. The Hall–Kier alpha value is -1.71. The maximum atomic E-state index is 5.84. The van der Waals surface area contributed by atoms with Crippen LogP contribution in [0.15, 0.2) is 22.6 Å². The molecule has 108 valence electrons. The third kappa shape index (κ3) is 3.44. The zero-order chi connectivity index (χ0) is 14.6. The molecule has 0 bridgehead atoms. The van der Waals surface area contributed by atoms with Gasteiger partial charge in [-0.2, -0.15) is 0 Å². The Kier molecular flexibility index (Phi) is 4.53. The van der Waals surface area contributed by atoms with Gasteiger partial charge in [-0.1, -0.05) is 46.1 Å². The summed E-state index contributed by atoms with van der Waals surface area (Å²) >= 11 is 0. The van der Waals surface area contributed by atoms with Gasteiger partial charge < -0.3 is 4.42 Å². The fraction of sp³-hybridized carbons (Fsp3) is 0.562. The van der Waals surface area contributed by atoms with Crippen molar-refractivity contribution in [3.63, 3.8) is 0 Å². The normalized spacial score (nSPS) is 11.8. The van der Waals surface area contributed by atoms with Gasteiger partial charge in [0, 0.05) is 11.1 Å². The van der Waals surface area contributed by atoms with Gasteiger partial charge in [0.1, 0.15) is 5.69 Å². The van der Waals surface area contributed by atoms with Gasteiger partial charge in [-0.25, -0.2) is 4.98 Å². The third-order valence-electron chi connectivity index (χ3n) is 3.52. The van der Waals surface area contributed by atoms with E-state index in [4.69, 9.17) is 4.42 Å². The minimum atomic E-state index is -0.0791. The molecule has 0 amide bonds. The Morgan fingerprint density at radius 2 is 1.95 bits per heavy atom. The largest absolute Gasteiger partial charge is 0.419 e. The highest BCUT2D eigenvalue weighted by Crippen LogP contribution is 2.30. The van der Waals surface area contributed by atoms with Gasteiger partial charge in [0.25, 0.3) is 5.89 Å². The fourth-order valence-electron chi connectivity index (χ4n) is 2.19. The van der Waals surface area contributed by atoms with Crippen LogP contribution < -0.4 is 0 Å². The van der Waals surface area contributed by atoms with Crippen LogP contribution in [0.25, 0.3) is 11.6 Å². The summed E-state index contributed by atoms with van der Waals surface area (Å²) in [7, 11) is 0. The summed E-state index contributed by atoms with van der Waals surface area (Å²) < 4.78 is 5.84. The molecule has 0 N–H and O–H groups in total. The monoisotopic (exact) mass is 273 g/mol. The Balaban J connectivity index is 2.16. The van der Waals surface area contributed by atoms with Gasteiger partial charge >= 0.3 is 0 Å². The zero-order valence-electron chi connectivity index (χ0n) is 12.8. The molecule has 0 spiro atoms. The van der Waals surface area contributed by atoms with Crippen molar-refractivity contribution in [1.82, 2.24) is 15.2 Å². The highest BCUT2D eigenvalue weighted by molar-refractivity contribution is 5.46. The van der Waals surface area contributed by atoms with Crippen molar-refractivity contribution in [3.05, 3.63) is 29.8 Å². The Labute approximate surface area is 120 Å². The van der Waals surface area contributed by atoms with Crippen LogP contribution in [0.1, 0.15) is 58.0 Å². The summed E-state index contributed by atoms with van der Waals surface area (Å²) in [5.74, 6) is 1.21. The maximum absolute atomic E-state index is 5.84. The van der Waals surface area contributed by atoms with Gasteiger partial charge in [0.15, 0.2) is 0 Å². The molecule has 2 rings (SSSR count). The smallest absolute Gasteiger partial charge is 0.266 e. The maximum Gasteiger partial charge on any atom is 0.266 e. The lowest BCUT2D eigenvalue weighted by Gasteiger charge is -2.19. The minimum absolute atomic E-state index is 0.0791. The predicted octanol–water partition coefficient (Wildman–Crippen LogP) is 4.30. The van der Waals surface area contributed by atoms with Crippen molar-refractivity contribution in [2.75, 3.05) is 0 Å². The zero-order valence-corrected chi connectivity index (χ0v) is 12.8. The first kappa shape index (κ1) is 14.7. The van der Waals surface area contributed by atoms with E-state index in [1.54, 1.807) is 0 Å². The number of unbranched alkanes of at least 4 members (excludes halogenated alkanes) is 2. The average Bonchev–Trinajstić information content (AvgIpc) is 2.89. The molecule has 4 nitrogen and oxygen atoms in total. The summed E-state index contributed by atoms with van der Waals surface area (Å²) in [5.41, 5.74) is 1.61. The second kappa shape index (κ2) is 6.16. The number of hydrogen-bond donors (Lipinski definition) is 0. The van der Waals surface area contributed by atoms with E-state index < -0.39 is 0 Å². The molecular formula is C16H23N3O. The average molecular weight is 273 g/mol. The molecule has 0 aromatic carbocycles. The highest BCUT2D eigenvalue weighted by Gasteiger charge is 2.27. The molecule has 4 heteroatoms. The van der Waals surface area contributed by atoms with Crippen LogP contribution in [0.5, 0.6) is 0 Å². The van der Waals surface area contributed by atoms with E-state index >= 15 is 0 Å². The lowest BCUT2D eigenvalue weighted by Crippen LogP contribution is -2.17. The fourth-order valence-corrected chi connectivity index (χ4v) is 2.19. The van der Waals surface area contributed by atoms with Gasteiger partial charge in [0.2, 0.25) is 5.89 Å². The van der Waals surface area contributed by atoms with Crippen LogP contribution in [-0.4, -0.2) is 15.2 Å². The molecular weight excluding hydrogens is 250 g/mol. The van der Waals surface area contributed by atoms with E-state index in [9.17, 15) is 0 Å². The first-order chi connectivity index (χ1) is 9.53. The summed E-state index contributed by atoms with van der Waals surface area (Å²) in [4.78, 5) is 4.42. The molecule has 0 saturated heterocycles. The molecule has 20 heavy (non-hydrogen) atoms. The van der Waals surface area contributed by atoms with E-state index in [2.05, 4.69) is 36.0 Å². The van der Waals surface area contributed by atoms with Crippen molar-refractivity contribution in [1.29, 1.82) is 0 Å². The molecule has 0 atom stereocenters. The summed E-state index contributed by atoms with van der Waals surface area (Å²) in [5, 5.41) is 8.36. The van der Waals surface area contributed by atoms with E-state index in [0.717, 1.165) is 17.8 Å². The number of hydrogen-bond acceptors (Lipinski definition) is 4. The van der Waals surface area contributed by atoms with E-state index in [1.165, 1.54) is 19.3 Å². The molecule has 0 fully saturated rings. The molecule has 2 aromatic heterocycles. The van der Waals surface area contributed by atoms with E-state index in [1.807, 2.05) is 25.1 Å². The Morgan fingerprint density at radius 3 is 2.65 bits per heavy atom. The molecule has 0 saturated carbocycles. The standard InChI is InChI=1S/C16H23N3O/c1-5-6-7-11-16(3,4)15-19-18-14(20-15)13-10-8-9-12(2)17-13/h8-10H,5-7,11H2,1-4H3. The number of aryl methyl sites for hydroxylation is 1. The molecule has 0 unspecified atom stereocenters. The third-order valence-corrected chi connectivity index (χ3v) is 3.52. The molecule has 0 radical (unpaired) electrons. The summed E-state index contributed by atoms with van der Waals surface area (Å²) in [6.07, 6.45) is 4.70. The Morgan fingerprint density at radius 1 is 1.15 bits per heavy atom. The van der Waals surface area contributed by atoms with Gasteiger partial charge in [-0.05, 0) is 25.5 Å².